The Labute approximate surface area is 97.4 Å². The van der Waals surface area contributed by atoms with Gasteiger partial charge in [0.15, 0.2) is 0 Å². The van der Waals surface area contributed by atoms with Crippen LogP contribution in [0.2, 0.25) is 5.21 Å². The molecule has 2 rings (SSSR count). The van der Waals surface area contributed by atoms with Gasteiger partial charge in [0, 0.05) is 0 Å². The summed E-state index contributed by atoms with van der Waals surface area (Å²) in [5, 5.41) is -0.448. The van der Waals surface area contributed by atoms with Crippen molar-refractivity contribution in [3.05, 3.63) is 0 Å². The topological polar surface area (TPSA) is 0 Å². The van der Waals surface area contributed by atoms with Crippen molar-refractivity contribution in [2.24, 2.45) is 11.3 Å². The van der Waals surface area contributed by atoms with Crippen molar-refractivity contribution in [1.82, 2.24) is 0 Å². The molecule has 2 aliphatic rings. The zero-order valence-electron chi connectivity index (χ0n) is 10.1. The Hall–Kier alpha value is 0.130. The van der Waals surface area contributed by atoms with Crippen LogP contribution in [0.1, 0.15) is 64.7 Å². The van der Waals surface area contributed by atoms with Crippen LogP contribution in [0, 0.1) is 11.3 Å². The molecule has 0 aromatic carbocycles. The van der Waals surface area contributed by atoms with E-state index in [1.807, 2.05) is 6.92 Å². The lowest BCUT2D eigenvalue weighted by atomic mass is 9.45. The second-order valence-corrected chi connectivity index (χ2v) is 6.20. The largest absolute Gasteiger partial charge is 0.0990 e. The van der Waals surface area contributed by atoms with Crippen molar-refractivity contribution in [3.63, 3.8) is 0 Å². The first-order chi connectivity index (χ1) is 7.02. The quantitative estimate of drug-likeness (QED) is 0.567. The molecule has 0 heterocycles. The van der Waals surface area contributed by atoms with Gasteiger partial charge in [-0.05, 0) is 31.1 Å². The van der Waals surface area contributed by atoms with Crippen LogP contribution in [0.25, 0.3) is 0 Å². The summed E-state index contributed by atoms with van der Waals surface area (Å²) in [5.74, 6) is 0.546. The summed E-state index contributed by atoms with van der Waals surface area (Å²) in [5.41, 5.74) is 0.694. The molecular weight excluding hydrogens is 178 g/mol. The molecule has 0 unspecified atom stereocenters. The summed E-state index contributed by atoms with van der Waals surface area (Å²) < 4.78 is 0. The van der Waals surface area contributed by atoms with E-state index in [1.54, 1.807) is 0 Å². The van der Waals surface area contributed by atoms with E-state index in [0.717, 1.165) is 0 Å². The van der Waals surface area contributed by atoms with Crippen molar-refractivity contribution in [1.29, 1.82) is 0 Å². The second-order valence-electron chi connectivity index (χ2n) is 6.20. The summed E-state index contributed by atoms with van der Waals surface area (Å²) in [6.45, 7) is 1.98. The summed E-state index contributed by atoms with van der Waals surface area (Å²) in [7, 11) is 12.0. The van der Waals surface area contributed by atoms with E-state index in [9.17, 15) is 0 Å². The van der Waals surface area contributed by atoms with E-state index in [2.05, 4.69) is 0 Å². The highest BCUT2D eigenvalue weighted by Crippen LogP contribution is 2.52. The molecule has 0 saturated heterocycles. The maximum Gasteiger partial charge on any atom is 0.0620 e. The van der Waals surface area contributed by atoms with Crippen LogP contribution in [0.4, 0.5) is 0 Å². The van der Waals surface area contributed by atoms with Crippen molar-refractivity contribution in [2.45, 2.75) is 69.9 Å². The predicted molar refractivity (Wildman–Crippen MR) is 67.4 cm³/mol. The van der Waals surface area contributed by atoms with E-state index in [0.29, 0.717) is 11.3 Å². The van der Waals surface area contributed by atoms with Crippen molar-refractivity contribution >= 4 is 15.7 Å². The van der Waals surface area contributed by atoms with Gasteiger partial charge in [-0.3, -0.25) is 0 Å². The summed E-state index contributed by atoms with van der Waals surface area (Å²) in [4.78, 5) is 0. The highest BCUT2D eigenvalue weighted by atomic mass is 14.4. The highest BCUT2D eigenvalue weighted by Gasteiger charge is 2.38. The van der Waals surface area contributed by atoms with Gasteiger partial charge in [-0.1, -0.05) is 50.2 Å². The van der Waals surface area contributed by atoms with Crippen LogP contribution >= 0.6 is 0 Å². The first-order valence-electron chi connectivity index (χ1n) is 6.60. The first kappa shape index (κ1) is 11.6. The number of hydrogen-bond donors (Lipinski definition) is 0. The zero-order valence-corrected chi connectivity index (χ0v) is 10.1. The zero-order chi connectivity index (χ0) is 10.9. The minimum atomic E-state index is -0.448. The Kier molecular flexibility index (Phi) is 3.24. The molecule has 0 N–H and O–H groups in total. The molecule has 2 saturated carbocycles. The molecule has 0 aromatic heterocycles. The van der Waals surface area contributed by atoms with Gasteiger partial charge < -0.3 is 0 Å². The molecular formula is C13H22B2. The maximum absolute atomic E-state index is 6.01. The molecule has 4 radical (unpaired) electrons. The molecule has 2 fully saturated rings. The monoisotopic (exact) mass is 200 g/mol. The Morgan fingerprint density at radius 2 is 1.47 bits per heavy atom. The van der Waals surface area contributed by atoms with E-state index >= 15 is 0 Å². The Morgan fingerprint density at radius 3 is 1.93 bits per heavy atom. The lowest BCUT2D eigenvalue weighted by Gasteiger charge is -2.46. The fourth-order valence-corrected chi connectivity index (χ4v) is 3.65. The SMILES string of the molecule is [B]C([B])(C)C1CCC2(CCCCC2)CC1. The Balaban J connectivity index is 1.91. The Bertz CT molecular complexity index is 201. The molecule has 2 aliphatic carbocycles. The van der Waals surface area contributed by atoms with E-state index in [4.69, 9.17) is 15.7 Å². The summed E-state index contributed by atoms with van der Waals surface area (Å²) in [6, 6.07) is 0. The molecule has 0 amide bonds. The minimum Gasteiger partial charge on any atom is -0.0990 e. The third kappa shape index (κ3) is 2.63. The van der Waals surface area contributed by atoms with Gasteiger partial charge in [-0.25, -0.2) is 0 Å². The minimum absolute atomic E-state index is 0.448. The Morgan fingerprint density at radius 1 is 0.933 bits per heavy atom. The molecule has 2 heteroatoms. The highest BCUT2D eigenvalue weighted by molar-refractivity contribution is 6.39. The van der Waals surface area contributed by atoms with Crippen LogP contribution < -0.4 is 0 Å². The molecule has 0 bridgehead atoms. The third-order valence-corrected chi connectivity index (χ3v) is 4.84. The lowest BCUT2D eigenvalue weighted by molar-refractivity contribution is 0.0926. The van der Waals surface area contributed by atoms with E-state index < -0.39 is 5.21 Å². The van der Waals surface area contributed by atoms with Gasteiger partial charge in [0.1, 0.15) is 0 Å². The van der Waals surface area contributed by atoms with Crippen molar-refractivity contribution in [3.8, 4) is 0 Å². The summed E-state index contributed by atoms with van der Waals surface area (Å²) in [6.07, 6.45) is 12.5. The first-order valence-corrected chi connectivity index (χ1v) is 6.60. The van der Waals surface area contributed by atoms with Crippen LogP contribution in [0.15, 0.2) is 0 Å². The lowest BCUT2D eigenvalue weighted by Crippen LogP contribution is -2.33. The molecule has 15 heavy (non-hydrogen) atoms. The molecule has 0 aromatic rings. The average Bonchev–Trinajstić information content (AvgIpc) is 2.18. The fourth-order valence-electron chi connectivity index (χ4n) is 3.65. The van der Waals surface area contributed by atoms with Crippen molar-refractivity contribution in [2.75, 3.05) is 0 Å². The number of rotatable bonds is 1. The van der Waals surface area contributed by atoms with Gasteiger partial charge >= 0.3 is 0 Å². The average molecular weight is 200 g/mol. The summed E-state index contributed by atoms with van der Waals surface area (Å²) >= 11 is 0. The van der Waals surface area contributed by atoms with Gasteiger partial charge in [-0.15, -0.1) is 0 Å². The van der Waals surface area contributed by atoms with Crippen LogP contribution in [0.3, 0.4) is 0 Å². The fraction of sp³-hybridized carbons (Fsp3) is 1.00. The van der Waals surface area contributed by atoms with E-state index in [-0.39, 0.29) is 0 Å². The van der Waals surface area contributed by atoms with Gasteiger partial charge in [-0.2, -0.15) is 0 Å². The number of hydrogen-bond acceptors (Lipinski definition) is 0. The van der Waals surface area contributed by atoms with E-state index in [1.165, 1.54) is 57.8 Å². The predicted octanol–water partition coefficient (Wildman–Crippen LogP) is 3.60. The van der Waals surface area contributed by atoms with Crippen LogP contribution in [0.5, 0.6) is 0 Å². The third-order valence-electron chi connectivity index (χ3n) is 4.84. The smallest absolute Gasteiger partial charge is 0.0620 e. The van der Waals surface area contributed by atoms with Crippen molar-refractivity contribution < 1.29 is 0 Å². The van der Waals surface area contributed by atoms with Gasteiger partial charge in [0.25, 0.3) is 0 Å². The maximum atomic E-state index is 6.01. The van der Waals surface area contributed by atoms with Crippen LogP contribution in [-0.4, -0.2) is 15.7 Å². The molecule has 0 atom stereocenters. The molecule has 0 aliphatic heterocycles. The van der Waals surface area contributed by atoms with Gasteiger partial charge in [0.2, 0.25) is 0 Å². The van der Waals surface area contributed by atoms with Crippen LogP contribution in [-0.2, 0) is 0 Å². The molecule has 1 spiro atoms. The normalized spacial score (nSPS) is 28.1. The van der Waals surface area contributed by atoms with Gasteiger partial charge in [0.05, 0.1) is 15.7 Å². The molecule has 80 valence electrons. The molecule has 0 nitrogen and oxygen atoms in total. The standard InChI is InChI=1S/C13H22B2/c1-12(14,15)11-5-9-13(10-6-11)7-3-2-4-8-13/h11H,2-10H2,1H3. The second kappa shape index (κ2) is 4.18.